The molecule has 1 aromatic heterocycles. The predicted molar refractivity (Wildman–Crippen MR) is 72.9 cm³/mol. The zero-order valence-corrected chi connectivity index (χ0v) is 11.2. The van der Waals surface area contributed by atoms with Gasteiger partial charge in [0.1, 0.15) is 17.4 Å². The van der Waals surface area contributed by atoms with Gasteiger partial charge in [-0.25, -0.2) is 4.98 Å². The van der Waals surface area contributed by atoms with Crippen LogP contribution in [0.3, 0.4) is 0 Å². The number of nitrogens with two attached hydrogens (primary N) is 1. The van der Waals surface area contributed by atoms with E-state index < -0.39 is 0 Å². The van der Waals surface area contributed by atoms with E-state index in [1.54, 1.807) is 11.3 Å². The van der Waals surface area contributed by atoms with Gasteiger partial charge in [-0.3, -0.25) is 0 Å². The minimum Gasteiger partial charge on any atom is -0.486 e. The number of aromatic nitrogens is 1. The minimum absolute atomic E-state index is 0.204. The lowest BCUT2D eigenvalue weighted by Gasteiger charge is -2.08. The molecule has 0 fully saturated rings. The molecule has 0 radical (unpaired) electrons. The van der Waals surface area contributed by atoms with Gasteiger partial charge < -0.3 is 10.5 Å². The topological polar surface area (TPSA) is 48.1 Å². The van der Waals surface area contributed by atoms with Gasteiger partial charge in [0, 0.05) is 17.1 Å². The summed E-state index contributed by atoms with van der Waals surface area (Å²) in [5.41, 5.74) is 9.67. The maximum atomic E-state index is 6.02. The van der Waals surface area contributed by atoms with Gasteiger partial charge in [0.05, 0.1) is 0 Å². The third-order valence-corrected chi connectivity index (χ3v) is 4.21. The highest BCUT2D eigenvalue weighted by Gasteiger charge is 2.19. The first kappa shape index (κ1) is 11.7. The summed E-state index contributed by atoms with van der Waals surface area (Å²) in [4.78, 5) is 4.38. The van der Waals surface area contributed by atoms with Crippen LogP contribution in [0.5, 0.6) is 5.75 Å². The summed E-state index contributed by atoms with van der Waals surface area (Å²) >= 11 is 1.64. The van der Waals surface area contributed by atoms with Gasteiger partial charge in [-0.05, 0) is 43.0 Å². The van der Waals surface area contributed by atoms with Crippen molar-refractivity contribution in [3.63, 3.8) is 0 Å². The van der Waals surface area contributed by atoms with Crippen molar-refractivity contribution in [3.05, 3.63) is 45.4 Å². The molecule has 1 unspecified atom stereocenters. The van der Waals surface area contributed by atoms with E-state index in [2.05, 4.69) is 17.1 Å². The van der Waals surface area contributed by atoms with Crippen LogP contribution in [0.15, 0.2) is 23.6 Å². The monoisotopic (exact) mass is 260 g/mol. The molecule has 1 heterocycles. The fourth-order valence-corrected chi connectivity index (χ4v) is 3.01. The molecule has 1 atom stereocenters. The van der Waals surface area contributed by atoms with Crippen LogP contribution in [0.25, 0.3) is 0 Å². The maximum absolute atomic E-state index is 6.02. The summed E-state index contributed by atoms with van der Waals surface area (Å²) < 4.78 is 5.77. The second kappa shape index (κ2) is 4.71. The number of hydrogen-bond acceptors (Lipinski definition) is 4. The lowest BCUT2D eigenvalue weighted by molar-refractivity contribution is 0.305. The molecule has 0 aliphatic heterocycles. The average molecular weight is 260 g/mol. The molecule has 3 rings (SSSR count). The summed E-state index contributed by atoms with van der Waals surface area (Å²) in [5.74, 6) is 0.913. The van der Waals surface area contributed by atoms with E-state index in [4.69, 9.17) is 10.5 Å². The van der Waals surface area contributed by atoms with E-state index in [-0.39, 0.29) is 6.04 Å². The Morgan fingerprint density at radius 3 is 3.17 bits per heavy atom. The Labute approximate surface area is 111 Å². The molecule has 0 spiro atoms. The zero-order chi connectivity index (χ0) is 12.5. The molecular weight excluding hydrogens is 244 g/mol. The minimum atomic E-state index is 0.204. The molecule has 0 saturated carbocycles. The number of fused-ring (bicyclic) bond motifs is 1. The molecule has 1 aliphatic carbocycles. The normalized spacial score (nSPS) is 17.8. The zero-order valence-electron chi connectivity index (χ0n) is 10.3. The molecule has 0 amide bonds. The highest BCUT2D eigenvalue weighted by Crippen LogP contribution is 2.32. The van der Waals surface area contributed by atoms with E-state index in [1.165, 1.54) is 11.1 Å². The molecule has 1 aliphatic rings. The first-order valence-corrected chi connectivity index (χ1v) is 7.02. The second-order valence-electron chi connectivity index (χ2n) is 4.68. The Balaban J connectivity index is 1.70. The van der Waals surface area contributed by atoms with Crippen LogP contribution in [0.4, 0.5) is 0 Å². The van der Waals surface area contributed by atoms with Crippen LogP contribution in [0.1, 0.15) is 34.3 Å². The van der Waals surface area contributed by atoms with Crippen LogP contribution >= 0.6 is 11.3 Å². The fourth-order valence-electron chi connectivity index (χ4n) is 2.33. The van der Waals surface area contributed by atoms with Crippen LogP contribution in [0, 0.1) is 6.92 Å². The average Bonchev–Trinajstić information content (AvgIpc) is 2.94. The second-order valence-corrected chi connectivity index (χ2v) is 5.62. The Hall–Kier alpha value is -1.39. The van der Waals surface area contributed by atoms with E-state index in [9.17, 15) is 0 Å². The summed E-state index contributed by atoms with van der Waals surface area (Å²) in [6.45, 7) is 2.54. The van der Waals surface area contributed by atoms with Crippen molar-refractivity contribution >= 4 is 11.3 Å². The number of ether oxygens (including phenoxy) is 1. The van der Waals surface area contributed by atoms with Crippen LogP contribution in [0.2, 0.25) is 0 Å². The number of rotatable bonds is 3. The third kappa shape index (κ3) is 2.26. The molecule has 4 heteroatoms. The molecular formula is C14H16N2OS. The summed E-state index contributed by atoms with van der Waals surface area (Å²) in [6.07, 6.45) is 2.11. The number of aryl methyl sites for hydroxylation is 2. The lowest BCUT2D eigenvalue weighted by Crippen LogP contribution is -2.05. The quantitative estimate of drug-likeness (QED) is 0.923. The summed E-state index contributed by atoms with van der Waals surface area (Å²) in [5, 5.41) is 3.06. The van der Waals surface area contributed by atoms with Crippen molar-refractivity contribution in [1.29, 1.82) is 0 Å². The first-order chi connectivity index (χ1) is 8.72. The van der Waals surface area contributed by atoms with Crippen molar-refractivity contribution < 1.29 is 4.74 Å². The van der Waals surface area contributed by atoms with Gasteiger partial charge in [-0.15, -0.1) is 11.3 Å². The van der Waals surface area contributed by atoms with E-state index in [0.29, 0.717) is 6.61 Å². The lowest BCUT2D eigenvalue weighted by atomic mass is 10.1. The summed E-state index contributed by atoms with van der Waals surface area (Å²) in [7, 11) is 0. The van der Waals surface area contributed by atoms with E-state index in [0.717, 1.165) is 29.3 Å². The Kier molecular flexibility index (Phi) is 3.06. The van der Waals surface area contributed by atoms with Crippen molar-refractivity contribution in [2.24, 2.45) is 5.73 Å². The highest BCUT2D eigenvalue weighted by atomic mass is 32.1. The van der Waals surface area contributed by atoms with Crippen LogP contribution in [-0.4, -0.2) is 4.98 Å². The standard InChI is InChI=1S/C14H16N2OS/c1-9-8-18-14(16-9)7-17-11-3-4-12-10(6-11)2-5-13(12)15/h3-4,6,8,13H,2,5,7,15H2,1H3. The van der Waals surface area contributed by atoms with Crippen molar-refractivity contribution in [1.82, 2.24) is 4.98 Å². The third-order valence-electron chi connectivity index (χ3n) is 3.27. The van der Waals surface area contributed by atoms with Gasteiger partial charge >= 0.3 is 0 Å². The SMILES string of the molecule is Cc1csc(COc2ccc3c(c2)CCC3N)n1. The largest absolute Gasteiger partial charge is 0.486 e. The Morgan fingerprint density at radius 1 is 1.50 bits per heavy atom. The molecule has 2 N–H and O–H groups in total. The Morgan fingerprint density at radius 2 is 2.39 bits per heavy atom. The number of nitrogens with zero attached hydrogens (tertiary/aromatic N) is 1. The molecule has 2 aromatic rings. The summed E-state index contributed by atoms with van der Waals surface area (Å²) in [6, 6.07) is 6.42. The molecule has 0 saturated heterocycles. The highest BCUT2D eigenvalue weighted by molar-refractivity contribution is 7.09. The van der Waals surface area contributed by atoms with Gasteiger partial charge in [-0.2, -0.15) is 0 Å². The Bertz CT molecular complexity index is 565. The molecule has 3 nitrogen and oxygen atoms in total. The van der Waals surface area contributed by atoms with Crippen molar-refractivity contribution in [2.45, 2.75) is 32.4 Å². The van der Waals surface area contributed by atoms with Gasteiger partial charge in [0.2, 0.25) is 0 Å². The molecule has 18 heavy (non-hydrogen) atoms. The van der Waals surface area contributed by atoms with Gasteiger partial charge in [0.15, 0.2) is 0 Å². The molecule has 1 aromatic carbocycles. The van der Waals surface area contributed by atoms with E-state index >= 15 is 0 Å². The number of hydrogen-bond donors (Lipinski definition) is 1. The van der Waals surface area contributed by atoms with Gasteiger partial charge in [-0.1, -0.05) is 6.07 Å². The van der Waals surface area contributed by atoms with Crippen LogP contribution < -0.4 is 10.5 Å². The van der Waals surface area contributed by atoms with E-state index in [1.807, 2.05) is 18.4 Å². The fraction of sp³-hybridized carbons (Fsp3) is 0.357. The van der Waals surface area contributed by atoms with Crippen molar-refractivity contribution in [3.8, 4) is 5.75 Å². The number of benzene rings is 1. The first-order valence-electron chi connectivity index (χ1n) is 6.14. The molecule has 94 valence electrons. The van der Waals surface area contributed by atoms with Gasteiger partial charge in [0.25, 0.3) is 0 Å². The maximum Gasteiger partial charge on any atom is 0.140 e. The molecule has 0 bridgehead atoms. The smallest absolute Gasteiger partial charge is 0.140 e. The van der Waals surface area contributed by atoms with Crippen molar-refractivity contribution in [2.75, 3.05) is 0 Å². The van der Waals surface area contributed by atoms with Crippen LogP contribution in [-0.2, 0) is 13.0 Å². The predicted octanol–water partition coefficient (Wildman–Crippen LogP) is 2.98. The number of thiazole rings is 1.